The monoisotopic (exact) mass is 285 g/mol. The summed E-state index contributed by atoms with van der Waals surface area (Å²) in [4.78, 5) is 0. The van der Waals surface area contributed by atoms with Crippen LogP contribution >= 0.6 is 27.3 Å². The molecule has 2 aromatic heterocycles. The Morgan fingerprint density at radius 3 is 2.93 bits per heavy atom. The van der Waals surface area contributed by atoms with E-state index < -0.39 is 0 Å². The first-order valence-electron chi connectivity index (χ1n) is 4.81. The largest absolute Gasteiger partial charge is 0.457 e. The molecule has 1 atom stereocenters. The van der Waals surface area contributed by atoms with Crippen LogP contribution in [0, 0.1) is 0 Å². The molecule has 0 spiro atoms. The lowest BCUT2D eigenvalue weighted by Crippen LogP contribution is -2.21. The van der Waals surface area contributed by atoms with Gasteiger partial charge in [0.05, 0.1) is 12.3 Å². The molecule has 1 unspecified atom stereocenters. The molecule has 1 N–H and O–H groups in total. The Kier molecular flexibility index (Phi) is 3.61. The SMILES string of the molecule is CCNC(c1ccsc1)c1ccoc1Br. The van der Waals surface area contributed by atoms with Crippen molar-refractivity contribution >= 4 is 27.3 Å². The molecule has 0 aromatic carbocycles. The van der Waals surface area contributed by atoms with E-state index in [4.69, 9.17) is 4.42 Å². The fourth-order valence-electron chi connectivity index (χ4n) is 1.56. The van der Waals surface area contributed by atoms with Crippen molar-refractivity contribution in [2.24, 2.45) is 0 Å². The van der Waals surface area contributed by atoms with Crippen molar-refractivity contribution in [3.05, 3.63) is 45.0 Å². The maximum atomic E-state index is 5.27. The second kappa shape index (κ2) is 4.96. The fraction of sp³-hybridized carbons (Fsp3) is 0.273. The number of thiophene rings is 1. The van der Waals surface area contributed by atoms with E-state index in [0.29, 0.717) is 0 Å². The molecule has 2 aromatic rings. The molecule has 80 valence electrons. The van der Waals surface area contributed by atoms with Crippen LogP contribution in [0.15, 0.2) is 38.2 Å². The number of halogens is 1. The van der Waals surface area contributed by atoms with Crippen molar-refractivity contribution in [2.75, 3.05) is 6.54 Å². The summed E-state index contributed by atoms with van der Waals surface area (Å²) in [6, 6.07) is 4.35. The van der Waals surface area contributed by atoms with E-state index in [1.165, 1.54) is 5.56 Å². The van der Waals surface area contributed by atoms with Gasteiger partial charge in [-0.15, -0.1) is 0 Å². The molecule has 2 nitrogen and oxygen atoms in total. The zero-order valence-electron chi connectivity index (χ0n) is 8.37. The van der Waals surface area contributed by atoms with Gasteiger partial charge < -0.3 is 9.73 Å². The molecule has 0 saturated carbocycles. The smallest absolute Gasteiger partial charge is 0.174 e. The van der Waals surface area contributed by atoms with E-state index in [1.807, 2.05) is 6.07 Å². The van der Waals surface area contributed by atoms with Crippen molar-refractivity contribution < 1.29 is 4.42 Å². The molecule has 4 heteroatoms. The van der Waals surface area contributed by atoms with Crippen LogP contribution in [-0.4, -0.2) is 6.54 Å². The molecule has 0 aliphatic heterocycles. The number of furan rings is 1. The highest BCUT2D eigenvalue weighted by molar-refractivity contribution is 9.10. The van der Waals surface area contributed by atoms with Crippen LogP contribution in [0.5, 0.6) is 0 Å². The van der Waals surface area contributed by atoms with Crippen LogP contribution in [0.25, 0.3) is 0 Å². The first kappa shape index (κ1) is 10.9. The van der Waals surface area contributed by atoms with E-state index in [-0.39, 0.29) is 6.04 Å². The molecule has 0 radical (unpaired) electrons. The molecule has 0 fully saturated rings. The summed E-state index contributed by atoms with van der Waals surface area (Å²) >= 11 is 5.13. The first-order chi connectivity index (χ1) is 7.33. The highest BCUT2D eigenvalue weighted by atomic mass is 79.9. The lowest BCUT2D eigenvalue weighted by molar-refractivity contribution is 0.527. The summed E-state index contributed by atoms with van der Waals surface area (Å²) in [5.74, 6) is 0. The van der Waals surface area contributed by atoms with Gasteiger partial charge in [-0.05, 0) is 50.9 Å². The molecule has 2 heterocycles. The van der Waals surface area contributed by atoms with Crippen LogP contribution in [0.3, 0.4) is 0 Å². The molecule has 2 rings (SSSR count). The zero-order valence-corrected chi connectivity index (χ0v) is 10.8. The summed E-state index contributed by atoms with van der Waals surface area (Å²) in [6.45, 7) is 3.03. The van der Waals surface area contributed by atoms with Crippen molar-refractivity contribution in [3.63, 3.8) is 0 Å². The van der Waals surface area contributed by atoms with E-state index in [0.717, 1.165) is 16.8 Å². The molecule has 0 aliphatic rings. The Bertz CT molecular complexity index is 410. The van der Waals surface area contributed by atoms with E-state index in [1.54, 1.807) is 17.6 Å². The Balaban J connectivity index is 2.32. The molecule has 0 saturated heterocycles. The molecule has 0 bridgehead atoms. The highest BCUT2D eigenvalue weighted by Crippen LogP contribution is 2.30. The highest BCUT2D eigenvalue weighted by Gasteiger charge is 2.17. The Hall–Kier alpha value is -0.580. The summed E-state index contributed by atoms with van der Waals surface area (Å²) < 4.78 is 6.08. The molecule has 0 aliphatic carbocycles. The van der Waals surface area contributed by atoms with Gasteiger partial charge in [0.2, 0.25) is 0 Å². The topological polar surface area (TPSA) is 25.2 Å². The van der Waals surface area contributed by atoms with Crippen molar-refractivity contribution in [3.8, 4) is 0 Å². The standard InChI is InChI=1S/C11H12BrNOS/c1-2-13-10(8-4-6-15-7-8)9-3-5-14-11(9)12/h3-7,10,13H,2H2,1H3. The maximum Gasteiger partial charge on any atom is 0.174 e. The van der Waals surface area contributed by atoms with E-state index in [9.17, 15) is 0 Å². The van der Waals surface area contributed by atoms with Gasteiger partial charge in [0.25, 0.3) is 0 Å². The third-order valence-electron chi connectivity index (χ3n) is 2.24. The molecule has 15 heavy (non-hydrogen) atoms. The fourth-order valence-corrected chi connectivity index (χ4v) is 2.72. The Morgan fingerprint density at radius 1 is 1.53 bits per heavy atom. The van der Waals surface area contributed by atoms with Crippen molar-refractivity contribution in [2.45, 2.75) is 13.0 Å². The van der Waals surface area contributed by atoms with Gasteiger partial charge in [-0.3, -0.25) is 0 Å². The minimum absolute atomic E-state index is 0.217. The predicted molar refractivity (Wildman–Crippen MR) is 66.2 cm³/mol. The predicted octanol–water partition coefficient (Wildman–Crippen LogP) is 3.80. The summed E-state index contributed by atoms with van der Waals surface area (Å²) in [6.07, 6.45) is 1.70. The average Bonchev–Trinajstić information content (AvgIpc) is 2.85. The summed E-state index contributed by atoms with van der Waals surface area (Å²) in [7, 11) is 0. The van der Waals surface area contributed by atoms with Crippen molar-refractivity contribution in [1.82, 2.24) is 5.32 Å². The van der Waals surface area contributed by atoms with Gasteiger partial charge in [-0.25, -0.2) is 0 Å². The van der Waals surface area contributed by atoms with Crippen LogP contribution in [-0.2, 0) is 0 Å². The molecular formula is C11H12BrNOS. The lowest BCUT2D eigenvalue weighted by atomic mass is 10.0. The number of rotatable bonds is 4. The van der Waals surface area contributed by atoms with Gasteiger partial charge in [0.15, 0.2) is 4.67 Å². The van der Waals surface area contributed by atoms with Crippen LogP contribution in [0.2, 0.25) is 0 Å². The minimum Gasteiger partial charge on any atom is -0.457 e. The first-order valence-corrected chi connectivity index (χ1v) is 6.55. The molecular weight excluding hydrogens is 274 g/mol. The lowest BCUT2D eigenvalue weighted by Gasteiger charge is -2.15. The van der Waals surface area contributed by atoms with Crippen LogP contribution < -0.4 is 5.32 Å². The summed E-state index contributed by atoms with van der Waals surface area (Å²) in [5.41, 5.74) is 2.43. The third kappa shape index (κ3) is 2.33. The minimum atomic E-state index is 0.217. The number of nitrogens with one attached hydrogen (secondary N) is 1. The van der Waals surface area contributed by atoms with Gasteiger partial charge in [0.1, 0.15) is 0 Å². The zero-order chi connectivity index (χ0) is 10.7. The van der Waals surface area contributed by atoms with Gasteiger partial charge in [0, 0.05) is 5.56 Å². The maximum absolute atomic E-state index is 5.27. The quantitative estimate of drug-likeness (QED) is 0.924. The van der Waals surface area contributed by atoms with Gasteiger partial charge in [-0.1, -0.05) is 6.92 Å². The van der Waals surface area contributed by atoms with E-state index >= 15 is 0 Å². The van der Waals surface area contributed by atoms with Crippen LogP contribution in [0.1, 0.15) is 24.1 Å². The second-order valence-corrected chi connectivity index (χ2v) is 4.70. The van der Waals surface area contributed by atoms with Crippen LogP contribution in [0.4, 0.5) is 0 Å². The normalized spacial score (nSPS) is 12.9. The van der Waals surface area contributed by atoms with E-state index in [2.05, 4.69) is 45.0 Å². The molecule has 0 amide bonds. The van der Waals surface area contributed by atoms with Gasteiger partial charge >= 0.3 is 0 Å². The average molecular weight is 286 g/mol. The Morgan fingerprint density at radius 2 is 2.40 bits per heavy atom. The third-order valence-corrected chi connectivity index (χ3v) is 3.59. The Labute approximate surface area is 101 Å². The number of hydrogen-bond donors (Lipinski definition) is 1. The second-order valence-electron chi connectivity index (χ2n) is 3.20. The van der Waals surface area contributed by atoms with Gasteiger partial charge in [-0.2, -0.15) is 11.3 Å². The van der Waals surface area contributed by atoms with Crippen molar-refractivity contribution in [1.29, 1.82) is 0 Å². The number of hydrogen-bond acceptors (Lipinski definition) is 3. The summed E-state index contributed by atoms with van der Waals surface area (Å²) in [5, 5.41) is 7.70.